The van der Waals surface area contributed by atoms with Crippen LogP contribution in [0.25, 0.3) is 0 Å². The fraction of sp³-hybridized carbons (Fsp3) is 0.500. The van der Waals surface area contributed by atoms with Crippen LogP contribution in [0.15, 0.2) is 18.2 Å². The molecule has 5 nitrogen and oxygen atoms in total. The molecule has 19 heavy (non-hydrogen) atoms. The van der Waals surface area contributed by atoms with E-state index in [1.807, 2.05) is 18.2 Å². The Kier molecular flexibility index (Phi) is 3.06. The minimum Gasteiger partial charge on any atom is -0.497 e. The molecule has 2 aliphatic heterocycles. The highest BCUT2D eigenvalue weighted by atomic mass is 16.6. The molecule has 0 aromatic heterocycles. The fourth-order valence-electron chi connectivity index (χ4n) is 2.90. The van der Waals surface area contributed by atoms with Gasteiger partial charge < -0.3 is 14.2 Å². The molecule has 1 aromatic rings. The van der Waals surface area contributed by atoms with Gasteiger partial charge in [0.15, 0.2) is 0 Å². The number of fused-ring (bicyclic) bond motifs is 3. The van der Waals surface area contributed by atoms with Crippen LogP contribution >= 0.6 is 0 Å². The van der Waals surface area contributed by atoms with Crippen molar-refractivity contribution >= 4 is 11.8 Å². The number of rotatable bonds is 3. The van der Waals surface area contributed by atoms with Crippen molar-refractivity contribution in [1.82, 2.24) is 0 Å². The maximum atomic E-state index is 12.0. The van der Waals surface area contributed by atoms with Gasteiger partial charge in [0.1, 0.15) is 11.9 Å². The molecule has 1 saturated heterocycles. The molecule has 2 heterocycles. The number of benzene rings is 1. The lowest BCUT2D eigenvalue weighted by Crippen LogP contribution is -2.41. The Morgan fingerprint density at radius 2 is 2.26 bits per heavy atom. The Bertz CT molecular complexity index is 502. The van der Waals surface area contributed by atoms with Crippen LogP contribution in [0.5, 0.6) is 5.75 Å². The largest absolute Gasteiger partial charge is 0.497 e. The summed E-state index contributed by atoms with van der Waals surface area (Å²) in [7, 11) is 3.27. The molecule has 0 bridgehead atoms. The van der Waals surface area contributed by atoms with E-state index in [1.165, 1.54) is 0 Å². The number of hydrogen-bond donors (Lipinski definition) is 0. The zero-order valence-corrected chi connectivity index (χ0v) is 11.1. The van der Waals surface area contributed by atoms with Gasteiger partial charge in [0.2, 0.25) is 0 Å². The highest BCUT2D eigenvalue weighted by Crippen LogP contribution is 2.38. The summed E-state index contributed by atoms with van der Waals surface area (Å²) in [5, 5.41) is 0. The van der Waals surface area contributed by atoms with Crippen molar-refractivity contribution in [3.63, 3.8) is 0 Å². The van der Waals surface area contributed by atoms with E-state index >= 15 is 0 Å². The van der Waals surface area contributed by atoms with Crippen LogP contribution in [0.4, 0.5) is 10.5 Å². The molecule has 0 spiro atoms. The van der Waals surface area contributed by atoms with E-state index < -0.39 is 0 Å². The summed E-state index contributed by atoms with van der Waals surface area (Å²) in [6.45, 7) is 0.443. The minimum atomic E-state index is -0.279. The maximum absolute atomic E-state index is 12.0. The summed E-state index contributed by atoms with van der Waals surface area (Å²) in [5.41, 5.74) is 2.06. The molecule has 2 atom stereocenters. The molecular formula is C14H17NO4. The van der Waals surface area contributed by atoms with Crippen LogP contribution < -0.4 is 9.64 Å². The van der Waals surface area contributed by atoms with Crippen molar-refractivity contribution in [2.75, 3.05) is 25.7 Å². The predicted octanol–water partition coefficient (Wildman–Crippen LogP) is 1.98. The second-order valence-electron chi connectivity index (χ2n) is 4.85. The average Bonchev–Trinajstić information content (AvgIpc) is 2.75. The average molecular weight is 263 g/mol. The maximum Gasteiger partial charge on any atom is 0.415 e. The summed E-state index contributed by atoms with van der Waals surface area (Å²) >= 11 is 0. The molecule has 0 saturated carbocycles. The first-order chi connectivity index (χ1) is 9.24. The lowest BCUT2D eigenvalue weighted by atomic mass is 9.94. The van der Waals surface area contributed by atoms with E-state index in [0.29, 0.717) is 6.61 Å². The minimum absolute atomic E-state index is 0.0772. The number of methoxy groups -OCH3 is 2. The van der Waals surface area contributed by atoms with E-state index in [4.69, 9.17) is 14.2 Å². The van der Waals surface area contributed by atoms with E-state index in [2.05, 4.69) is 0 Å². The lowest BCUT2D eigenvalue weighted by molar-refractivity contribution is 0.0580. The monoisotopic (exact) mass is 263 g/mol. The van der Waals surface area contributed by atoms with Crippen molar-refractivity contribution < 1.29 is 19.0 Å². The number of carbonyl (C=O) groups is 1. The zero-order chi connectivity index (χ0) is 13.4. The smallest absolute Gasteiger partial charge is 0.415 e. The quantitative estimate of drug-likeness (QED) is 0.836. The topological polar surface area (TPSA) is 48.0 Å². The normalized spacial score (nSPS) is 24.7. The Balaban J connectivity index is 1.94. The van der Waals surface area contributed by atoms with Crippen molar-refractivity contribution in [2.45, 2.75) is 25.0 Å². The van der Waals surface area contributed by atoms with Crippen LogP contribution in [-0.4, -0.2) is 39.1 Å². The van der Waals surface area contributed by atoms with Gasteiger partial charge >= 0.3 is 6.09 Å². The summed E-state index contributed by atoms with van der Waals surface area (Å²) in [6.07, 6.45) is 1.36. The van der Waals surface area contributed by atoms with Crippen molar-refractivity contribution in [3.8, 4) is 5.75 Å². The lowest BCUT2D eigenvalue weighted by Gasteiger charge is -2.31. The highest BCUT2D eigenvalue weighted by Gasteiger charge is 2.45. The van der Waals surface area contributed by atoms with Crippen LogP contribution in [0.1, 0.15) is 12.0 Å². The van der Waals surface area contributed by atoms with Gasteiger partial charge in [-0.25, -0.2) is 4.79 Å². The third kappa shape index (κ3) is 1.94. The number of aryl methyl sites for hydroxylation is 1. The molecule has 1 aromatic carbocycles. The van der Waals surface area contributed by atoms with Crippen LogP contribution in [0.2, 0.25) is 0 Å². The summed E-state index contributed by atoms with van der Waals surface area (Å²) < 4.78 is 15.7. The second kappa shape index (κ2) is 4.74. The molecule has 1 fully saturated rings. The third-order valence-corrected chi connectivity index (χ3v) is 3.80. The van der Waals surface area contributed by atoms with Gasteiger partial charge in [-0.2, -0.15) is 0 Å². The van der Waals surface area contributed by atoms with Gasteiger partial charge in [0, 0.05) is 7.11 Å². The SMILES string of the molecule is COC[C@H]1OC(=O)N2c3ccc(OC)cc3CC[C@@H]12. The molecular weight excluding hydrogens is 246 g/mol. The van der Waals surface area contributed by atoms with Crippen molar-refractivity contribution in [1.29, 1.82) is 0 Å². The van der Waals surface area contributed by atoms with Crippen molar-refractivity contribution in [2.24, 2.45) is 0 Å². The first kappa shape index (κ1) is 12.3. The number of nitrogens with zero attached hydrogens (tertiary/aromatic N) is 1. The van der Waals surface area contributed by atoms with Gasteiger partial charge in [-0.3, -0.25) is 4.90 Å². The predicted molar refractivity (Wildman–Crippen MR) is 69.7 cm³/mol. The van der Waals surface area contributed by atoms with Gasteiger partial charge in [0.25, 0.3) is 0 Å². The fourth-order valence-corrected chi connectivity index (χ4v) is 2.90. The van der Waals surface area contributed by atoms with Gasteiger partial charge in [-0.1, -0.05) is 0 Å². The second-order valence-corrected chi connectivity index (χ2v) is 4.85. The number of hydrogen-bond acceptors (Lipinski definition) is 4. The number of carbonyl (C=O) groups excluding carboxylic acids is 1. The molecule has 5 heteroatoms. The molecule has 0 aliphatic carbocycles. The first-order valence-corrected chi connectivity index (χ1v) is 6.40. The summed E-state index contributed by atoms with van der Waals surface area (Å²) in [4.78, 5) is 13.8. The summed E-state index contributed by atoms with van der Waals surface area (Å²) in [5.74, 6) is 0.818. The van der Waals surface area contributed by atoms with Crippen LogP contribution in [0.3, 0.4) is 0 Å². The molecule has 2 aliphatic rings. The number of ether oxygens (including phenoxy) is 3. The van der Waals surface area contributed by atoms with E-state index in [9.17, 15) is 4.79 Å². The highest BCUT2D eigenvalue weighted by molar-refractivity contribution is 5.92. The van der Waals surface area contributed by atoms with Crippen LogP contribution in [0, 0.1) is 0 Å². The van der Waals surface area contributed by atoms with Gasteiger partial charge in [0.05, 0.1) is 25.4 Å². The zero-order valence-electron chi connectivity index (χ0n) is 11.1. The van der Waals surface area contributed by atoms with Crippen molar-refractivity contribution in [3.05, 3.63) is 23.8 Å². The first-order valence-electron chi connectivity index (χ1n) is 6.40. The molecule has 1 amide bonds. The standard InChI is InChI=1S/C14H17NO4/c1-17-8-13-12-5-3-9-7-10(18-2)4-6-11(9)15(12)14(16)19-13/h4,6-7,12-13H,3,5,8H2,1-2H3/t12-,13+/m0/s1. The molecule has 0 unspecified atom stereocenters. The number of amides is 1. The van der Waals surface area contributed by atoms with Gasteiger partial charge in [-0.15, -0.1) is 0 Å². The van der Waals surface area contributed by atoms with E-state index in [0.717, 1.165) is 29.8 Å². The Hall–Kier alpha value is -1.75. The molecule has 0 radical (unpaired) electrons. The number of anilines is 1. The van der Waals surface area contributed by atoms with Crippen LogP contribution in [-0.2, 0) is 15.9 Å². The molecule has 0 N–H and O–H groups in total. The van der Waals surface area contributed by atoms with Gasteiger partial charge in [-0.05, 0) is 36.6 Å². The third-order valence-electron chi connectivity index (χ3n) is 3.80. The summed E-state index contributed by atoms with van der Waals surface area (Å²) in [6, 6.07) is 5.87. The Labute approximate surface area is 112 Å². The molecule has 3 rings (SSSR count). The number of cyclic esters (lactones) is 1. The molecule has 102 valence electrons. The Morgan fingerprint density at radius 3 is 3.00 bits per heavy atom. The van der Waals surface area contributed by atoms with E-state index in [-0.39, 0.29) is 18.2 Å². The Morgan fingerprint density at radius 1 is 1.42 bits per heavy atom. The van der Waals surface area contributed by atoms with E-state index in [1.54, 1.807) is 19.1 Å².